The highest BCUT2D eigenvalue weighted by Gasteiger charge is 2.43. The fourth-order valence-corrected chi connectivity index (χ4v) is 1.92. The predicted octanol–water partition coefficient (Wildman–Crippen LogP) is 1.19. The predicted molar refractivity (Wildman–Crippen MR) is 56.3 cm³/mol. The molecule has 4 nitrogen and oxygen atoms in total. The molecule has 2 heterocycles. The summed E-state index contributed by atoms with van der Waals surface area (Å²) in [5, 5.41) is 13.9. The van der Waals surface area contributed by atoms with E-state index >= 15 is 0 Å². The van der Waals surface area contributed by atoms with Gasteiger partial charge >= 0.3 is 0 Å². The third-order valence-electron chi connectivity index (χ3n) is 3.13. The second kappa shape index (κ2) is 3.61. The summed E-state index contributed by atoms with van der Waals surface area (Å²) < 4.78 is 5.13. The van der Waals surface area contributed by atoms with Crippen LogP contribution in [-0.4, -0.2) is 33.9 Å². The van der Waals surface area contributed by atoms with Gasteiger partial charge < -0.3 is 9.63 Å². The molecular formula is C11H18N2O2. The van der Waals surface area contributed by atoms with Crippen LogP contribution in [0.15, 0.2) is 10.6 Å². The zero-order valence-electron chi connectivity index (χ0n) is 9.53. The van der Waals surface area contributed by atoms with E-state index in [1.807, 2.05) is 13.0 Å². The van der Waals surface area contributed by atoms with Gasteiger partial charge in [-0.15, -0.1) is 0 Å². The number of β-amino-alcohol motifs (C(OH)–C–C–N with tert-alkyl or cyclic N) is 1. The van der Waals surface area contributed by atoms with E-state index in [9.17, 15) is 5.11 Å². The van der Waals surface area contributed by atoms with Gasteiger partial charge in [-0.05, 0) is 12.8 Å². The summed E-state index contributed by atoms with van der Waals surface area (Å²) in [5.74, 6) is 1.18. The van der Waals surface area contributed by atoms with E-state index in [2.05, 4.69) is 23.9 Å². The molecule has 0 amide bonds. The summed E-state index contributed by atoms with van der Waals surface area (Å²) in [6.07, 6.45) is 0. The maximum atomic E-state index is 10.1. The van der Waals surface area contributed by atoms with Crippen LogP contribution in [0.25, 0.3) is 0 Å². The first-order chi connectivity index (χ1) is 6.99. The van der Waals surface area contributed by atoms with Crippen molar-refractivity contribution in [2.24, 2.45) is 5.92 Å². The van der Waals surface area contributed by atoms with Gasteiger partial charge in [-0.2, -0.15) is 0 Å². The molecule has 0 saturated carbocycles. The third kappa shape index (κ3) is 2.06. The maximum absolute atomic E-state index is 10.1. The lowest BCUT2D eigenvalue weighted by atomic mass is 9.83. The van der Waals surface area contributed by atoms with E-state index in [1.165, 1.54) is 0 Å². The molecule has 1 aromatic rings. The Balaban J connectivity index is 1.86. The summed E-state index contributed by atoms with van der Waals surface area (Å²) in [6.45, 7) is 8.21. The van der Waals surface area contributed by atoms with Crippen molar-refractivity contribution in [2.75, 3.05) is 13.1 Å². The standard InChI is InChI=1S/C11H18N2O2/c1-8(2)11(14)6-13(7-11)5-10-4-9(3)12-15-10/h4,8,14H,5-7H2,1-3H3. The summed E-state index contributed by atoms with van der Waals surface area (Å²) in [7, 11) is 0. The molecular weight excluding hydrogens is 192 g/mol. The number of likely N-dealkylation sites (tertiary alicyclic amines) is 1. The number of hydrogen-bond donors (Lipinski definition) is 1. The summed E-state index contributed by atoms with van der Waals surface area (Å²) >= 11 is 0. The van der Waals surface area contributed by atoms with Crippen LogP contribution in [0.2, 0.25) is 0 Å². The minimum Gasteiger partial charge on any atom is -0.387 e. The molecule has 0 aromatic carbocycles. The molecule has 0 aliphatic carbocycles. The van der Waals surface area contributed by atoms with Crippen molar-refractivity contribution < 1.29 is 9.63 Å². The van der Waals surface area contributed by atoms with E-state index in [4.69, 9.17) is 4.52 Å². The monoisotopic (exact) mass is 210 g/mol. The zero-order chi connectivity index (χ0) is 11.1. The van der Waals surface area contributed by atoms with Gasteiger partial charge in [0.25, 0.3) is 0 Å². The zero-order valence-corrected chi connectivity index (χ0v) is 9.53. The number of aliphatic hydroxyl groups is 1. The van der Waals surface area contributed by atoms with Crippen molar-refractivity contribution in [3.8, 4) is 0 Å². The molecule has 15 heavy (non-hydrogen) atoms. The topological polar surface area (TPSA) is 49.5 Å². The molecule has 0 radical (unpaired) electrons. The van der Waals surface area contributed by atoms with Crippen LogP contribution in [0.4, 0.5) is 0 Å². The van der Waals surface area contributed by atoms with Crippen LogP contribution in [0.1, 0.15) is 25.3 Å². The number of aryl methyl sites for hydroxylation is 1. The van der Waals surface area contributed by atoms with Crippen LogP contribution in [0.5, 0.6) is 0 Å². The Hall–Kier alpha value is -0.870. The molecule has 84 valence electrons. The normalized spacial score (nSPS) is 20.6. The van der Waals surface area contributed by atoms with E-state index in [0.29, 0.717) is 5.92 Å². The van der Waals surface area contributed by atoms with Gasteiger partial charge in [0.15, 0.2) is 5.76 Å². The Kier molecular flexibility index (Phi) is 2.56. The van der Waals surface area contributed by atoms with Crippen molar-refractivity contribution in [2.45, 2.75) is 32.9 Å². The molecule has 1 aromatic heterocycles. The van der Waals surface area contributed by atoms with Gasteiger partial charge in [0, 0.05) is 19.2 Å². The van der Waals surface area contributed by atoms with Crippen molar-refractivity contribution in [3.05, 3.63) is 17.5 Å². The SMILES string of the molecule is Cc1cc(CN2CC(O)(C(C)C)C2)on1. The molecule has 4 heteroatoms. The highest BCUT2D eigenvalue weighted by atomic mass is 16.5. The summed E-state index contributed by atoms with van der Waals surface area (Å²) in [6, 6.07) is 1.94. The molecule has 1 N–H and O–H groups in total. The first-order valence-corrected chi connectivity index (χ1v) is 5.36. The lowest BCUT2D eigenvalue weighted by Gasteiger charge is -2.48. The maximum Gasteiger partial charge on any atom is 0.150 e. The Labute approximate surface area is 89.9 Å². The van der Waals surface area contributed by atoms with Crippen molar-refractivity contribution in [1.82, 2.24) is 10.1 Å². The molecule has 2 rings (SSSR count). The Morgan fingerprint density at radius 1 is 1.60 bits per heavy atom. The van der Waals surface area contributed by atoms with E-state index in [-0.39, 0.29) is 0 Å². The van der Waals surface area contributed by atoms with E-state index in [1.54, 1.807) is 0 Å². The van der Waals surface area contributed by atoms with Crippen molar-refractivity contribution >= 4 is 0 Å². The lowest BCUT2D eigenvalue weighted by Crippen LogP contribution is -2.63. The molecule has 0 atom stereocenters. The average Bonchev–Trinajstić information content (AvgIpc) is 2.48. The Bertz CT molecular complexity index is 340. The first kappa shape index (κ1) is 10.6. The van der Waals surface area contributed by atoms with Crippen LogP contribution in [-0.2, 0) is 6.54 Å². The number of hydrogen-bond acceptors (Lipinski definition) is 4. The fourth-order valence-electron chi connectivity index (χ4n) is 1.92. The molecule has 1 fully saturated rings. The van der Waals surface area contributed by atoms with E-state index < -0.39 is 5.60 Å². The molecule has 0 unspecified atom stereocenters. The number of aromatic nitrogens is 1. The van der Waals surface area contributed by atoms with Crippen LogP contribution < -0.4 is 0 Å². The smallest absolute Gasteiger partial charge is 0.150 e. The first-order valence-electron chi connectivity index (χ1n) is 5.36. The Morgan fingerprint density at radius 2 is 2.27 bits per heavy atom. The van der Waals surface area contributed by atoms with Crippen LogP contribution in [0.3, 0.4) is 0 Å². The second-order valence-corrected chi connectivity index (χ2v) is 4.84. The minimum atomic E-state index is -0.505. The van der Waals surface area contributed by atoms with Gasteiger partial charge in [-0.1, -0.05) is 19.0 Å². The molecule has 0 spiro atoms. The fraction of sp³-hybridized carbons (Fsp3) is 0.727. The molecule has 1 aliphatic heterocycles. The number of rotatable bonds is 3. The minimum absolute atomic E-state index is 0.310. The highest BCUT2D eigenvalue weighted by Crippen LogP contribution is 2.29. The van der Waals surface area contributed by atoms with Gasteiger partial charge in [-0.3, -0.25) is 4.90 Å². The largest absolute Gasteiger partial charge is 0.387 e. The average molecular weight is 210 g/mol. The summed E-state index contributed by atoms with van der Waals surface area (Å²) in [4.78, 5) is 2.17. The van der Waals surface area contributed by atoms with Crippen LogP contribution >= 0.6 is 0 Å². The summed E-state index contributed by atoms with van der Waals surface area (Å²) in [5.41, 5.74) is 0.402. The van der Waals surface area contributed by atoms with E-state index in [0.717, 1.165) is 31.1 Å². The second-order valence-electron chi connectivity index (χ2n) is 4.84. The quantitative estimate of drug-likeness (QED) is 0.814. The molecule has 1 saturated heterocycles. The van der Waals surface area contributed by atoms with Crippen LogP contribution in [0, 0.1) is 12.8 Å². The molecule has 0 bridgehead atoms. The van der Waals surface area contributed by atoms with Gasteiger partial charge in [0.2, 0.25) is 0 Å². The lowest BCUT2D eigenvalue weighted by molar-refractivity contribution is -0.132. The van der Waals surface area contributed by atoms with Gasteiger partial charge in [0.05, 0.1) is 17.8 Å². The molecule has 1 aliphatic rings. The van der Waals surface area contributed by atoms with Crippen molar-refractivity contribution in [1.29, 1.82) is 0 Å². The number of nitrogens with zero attached hydrogens (tertiary/aromatic N) is 2. The van der Waals surface area contributed by atoms with Gasteiger partial charge in [0.1, 0.15) is 0 Å². The van der Waals surface area contributed by atoms with Crippen molar-refractivity contribution in [3.63, 3.8) is 0 Å². The van der Waals surface area contributed by atoms with Gasteiger partial charge in [-0.25, -0.2) is 0 Å². The highest BCUT2D eigenvalue weighted by molar-refractivity contribution is 5.06. The Morgan fingerprint density at radius 3 is 2.73 bits per heavy atom. The third-order valence-corrected chi connectivity index (χ3v) is 3.13.